The van der Waals surface area contributed by atoms with Crippen molar-refractivity contribution in [3.63, 3.8) is 0 Å². The van der Waals surface area contributed by atoms with Gasteiger partial charge in [0.15, 0.2) is 5.79 Å². The SMILES string of the molecule is CCCCOCC1=C[C@H](O)[C@@H]2OC(C)(C)O[C@H]12. The van der Waals surface area contributed by atoms with Crippen LogP contribution < -0.4 is 0 Å². The van der Waals surface area contributed by atoms with Crippen molar-refractivity contribution in [2.45, 2.75) is 57.7 Å². The lowest BCUT2D eigenvalue weighted by Crippen LogP contribution is -2.29. The summed E-state index contributed by atoms with van der Waals surface area (Å²) in [6.45, 7) is 7.15. The summed E-state index contributed by atoms with van der Waals surface area (Å²) in [5, 5.41) is 9.87. The van der Waals surface area contributed by atoms with Gasteiger partial charge in [-0.3, -0.25) is 0 Å². The molecule has 0 saturated carbocycles. The molecule has 4 heteroatoms. The van der Waals surface area contributed by atoms with Gasteiger partial charge in [0, 0.05) is 6.61 Å². The Kier molecular flexibility index (Phi) is 3.88. The summed E-state index contributed by atoms with van der Waals surface area (Å²) < 4.78 is 17.0. The fraction of sp³-hybridized carbons (Fsp3) is 0.846. The van der Waals surface area contributed by atoms with Gasteiger partial charge in [-0.2, -0.15) is 0 Å². The number of ether oxygens (including phenoxy) is 3. The van der Waals surface area contributed by atoms with E-state index in [0.717, 1.165) is 25.0 Å². The molecule has 98 valence electrons. The van der Waals surface area contributed by atoms with Gasteiger partial charge < -0.3 is 19.3 Å². The Bertz CT molecular complexity index is 298. The van der Waals surface area contributed by atoms with Crippen molar-refractivity contribution in [3.05, 3.63) is 11.6 Å². The van der Waals surface area contributed by atoms with Crippen LogP contribution in [0.4, 0.5) is 0 Å². The number of rotatable bonds is 5. The van der Waals surface area contributed by atoms with Gasteiger partial charge in [0.25, 0.3) is 0 Å². The van der Waals surface area contributed by atoms with E-state index >= 15 is 0 Å². The zero-order valence-corrected chi connectivity index (χ0v) is 10.8. The topological polar surface area (TPSA) is 47.9 Å². The lowest BCUT2D eigenvalue weighted by Gasteiger charge is -2.19. The maximum absolute atomic E-state index is 9.87. The molecule has 1 N–H and O–H groups in total. The minimum absolute atomic E-state index is 0.151. The van der Waals surface area contributed by atoms with Gasteiger partial charge in [0.1, 0.15) is 18.3 Å². The molecule has 0 spiro atoms. The first-order chi connectivity index (χ1) is 8.03. The van der Waals surface area contributed by atoms with Crippen molar-refractivity contribution >= 4 is 0 Å². The second-order valence-electron chi connectivity index (χ2n) is 5.16. The second kappa shape index (κ2) is 5.06. The number of hydrogen-bond acceptors (Lipinski definition) is 4. The Morgan fingerprint density at radius 1 is 1.41 bits per heavy atom. The van der Waals surface area contributed by atoms with E-state index in [4.69, 9.17) is 14.2 Å². The molecular formula is C13H22O4. The largest absolute Gasteiger partial charge is 0.386 e. The highest BCUT2D eigenvalue weighted by Gasteiger charge is 2.49. The van der Waals surface area contributed by atoms with Crippen LogP contribution in [0.5, 0.6) is 0 Å². The minimum atomic E-state index is -0.612. The van der Waals surface area contributed by atoms with Crippen LogP contribution in [0.25, 0.3) is 0 Å². The van der Waals surface area contributed by atoms with Gasteiger partial charge in [0.05, 0.1) is 6.61 Å². The van der Waals surface area contributed by atoms with E-state index in [1.807, 2.05) is 13.8 Å². The Labute approximate surface area is 103 Å². The molecule has 0 radical (unpaired) electrons. The maximum Gasteiger partial charge on any atom is 0.164 e. The highest BCUT2D eigenvalue weighted by atomic mass is 16.8. The van der Waals surface area contributed by atoms with Crippen molar-refractivity contribution in [1.82, 2.24) is 0 Å². The summed E-state index contributed by atoms with van der Waals surface area (Å²) in [7, 11) is 0. The lowest BCUT2D eigenvalue weighted by atomic mass is 10.1. The van der Waals surface area contributed by atoms with E-state index in [-0.39, 0.29) is 12.2 Å². The summed E-state index contributed by atoms with van der Waals surface area (Å²) >= 11 is 0. The van der Waals surface area contributed by atoms with E-state index in [2.05, 4.69) is 6.92 Å². The first kappa shape index (κ1) is 13.0. The molecule has 1 aliphatic carbocycles. The predicted molar refractivity (Wildman–Crippen MR) is 63.6 cm³/mol. The fourth-order valence-electron chi connectivity index (χ4n) is 2.30. The van der Waals surface area contributed by atoms with Crippen molar-refractivity contribution in [2.24, 2.45) is 0 Å². The molecular weight excluding hydrogens is 220 g/mol. The number of unbranched alkanes of at least 4 members (excludes halogenated alkanes) is 1. The van der Waals surface area contributed by atoms with Crippen LogP contribution in [-0.4, -0.2) is 42.4 Å². The van der Waals surface area contributed by atoms with Crippen LogP contribution in [0.3, 0.4) is 0 Å². The second-order valence-corrected chi connectivity index (χ2v) is 5.16. The third-order valence-electron chi connectivity index (χ3n) is 3.13. The van der Waals surface area contributed by atoms with E-state index in [0.29, 0.717) is 6.61 Å². The highest BCUT2D eigenvalue weighted by Crippen LogP contribution is 2.38. The minimum Gasteiger partial charge on any atom is -0.386 e. The standard InChI is InChI=1S/C13H22O4/c1-4-5-6-15-8-9-7-10(14)12-11(9)16-13(2,3)17-12/h7,10-12,14H,4-6,8H2,1-3H3/t10-,11+,12-/m0/s1. The summed E-state index contributed by atoms with van der Waals surface area (Å²) in [5.74, 6) is -0.612. The van der Waals surface area contributed by atoms with E-state index in [1.165, 1.54) is 0 Å². The molecule has 2 aliphatic rings. The maximum atomic E-state index is 9.87. The van der Waals surface area contributed by atoms with Gasteiger partial charge in [-0.25, -0.2) is 0 Å². The number of hydrogen-bond donors (Lipinski definition) is 1. The Morgan fingerprint density at radius 3 is 2.88 bits per heavy atom. The van der Waals surface area contributed by atoms with Gasteiger partial charge >= 0.3 is 0 Å². The molecule has 17 heavy (non-hydrogen) atoms. The van der Waals surface area contributed by atoms with Crippen molar-refractivity contribution in [2.75, 3.05) is 13.2 Å². The van der Waals surface area contributed by atoms with Crippen molar-refractivity contribution < 1.29 is 19.3 Å². The van der Waals surface area contributed by atoms with E-state index in [1.54, 1.807) is 6.08 Å². The van der Waals surface area contributed by atoms with Crippen LogP contribution in [0, 0.1) is 0 Å². The third-order valence-corrected chi connectivity index (χ3v) is 3.13. The normalized spacial score (nSPS) is 34.8. The molecule has 0 aromatic carbocycles. The molecule has 1 saturated heterocycles. The Hall–Kier alpha value is -0.420. The summed E-state index contributed by atoms with van der Waals surface area (Å²) in [6, 6.07) is 0. The molecule has 3 atom stereocenters. The predicted octanol–water partition coefficient (Wildman–Crippen LogP) is 1.62. The van der Waals surface area contributed by atoms with Crippen molar-refractivity contribution in [3.8, 4) is 0 Å². The van der Waals surface area contributed by atoms with Crippen LogP contribution >= 0.6 is 0 Å². The smallest absolute Gasteiger partial charge is 0.164 e. The summed E-state index contributed by atoms with van der Waals surface area (Å²) in [6.07, 6.45) is 2.99. The molecule has 0 unspecified atom stereocenters. The quantitative estimate of drug-likeness (QED) is 0.588. The molecule has 4 nitrogen and oxygen atoms in total. The van der Waals surface area contributed by atoms with Crippen LogP contribution in [0.2, 0.25) is 0 Å². The number of aliphatic hydroxyl groups excluding tert-OH is 1. The Morgan fingerprint density at radius 2 is 2.18 bits per heavy atom. The first-order valence-electron chi connectivity index (χ1n) is 6.35. The average molecular weight is 242 g/mol. The van der Waals surface area contributed by atoms with E-state index < -0.39 is 11.9 Å². The Balaban J connectivity index is 1.88. The summed E-state index contributed by atoms with van der Waals surface area (Å²) in [4.78, 5) is 0. The fourth-order valence-corrected chi connectivity index (χ4v) is 2.30. The molecule has 1 heterocycles. The highest BCUT2D eigenvalue weighted by molar-refractivity contribution is 5.25. The van der Waals surface area contributed by atoms with Crippen LogP contribution in [0.1, 0.15) is 33.6 Å². The molecule has 1 aliphatic heterocycles. The molecule has 0 aromatic heterocycles. The van der Waals surface area contributed by atoms with Gasteiger partial charge in [-0.05, 0) is 31.9 Å². The molecule has 1 fully saturated rings. The third kappa shape index (κ3) is 2.88. The number of aliphatic hydroxyl groups is 1. The van der Waals surface area contributed by atoms with Crippen molar-refractivity contribution in [1.29, 1.82) is 0 Å². The monoisotopic (exact) mass is 242 g/mol. The van der Waals surface area contributed by atoms with E-state index in [9.17, 15) is 5.11 Å². The zero-order chi connectivity index (χ0) is 12.5. The van der Waals surface area contributed by atoms with Gasteiger partial charge in [-0.15, -0.1) is 0 Å². The average Bonchev–Trinajstić information content (AvgIpc) is 2.70. The van der Waals surface area contributed by atoms with Crippen LogP contribution in [-0.2, 0) is 14.2 Å². The molecule has 0 amide bonds. The molecule has 2 rings (SSSR count). The zero-order valence-electron chi connectivity index (χ0n) is 10.8. The number of fused-ring (bicyclic) bond motifs is 1. The summed E-state index contributed by atoms with van der Waals surface area (Å²) in [5.41, 5.74) is 1.00. The lowest BCUT2D eigenvalue weighted by molar-refractivity contribution is -0.153. The van der Waals surface area contributed by atoms with Gasteiger partial charge in [-0.1, -0.05) is 13.3 Å². The molecule has 0 aromatic rings. The first-order valence-corrected chi connectivity index (χ1v) is 6.35. The van der Waals surface area contributed by atoms with Gasteiger partial charge in [0.2, 0.25) is 0 Å². The van der Waals surface area contributed by atoms with Crippen LogP contribution in [0.15, 0.2) is 11.6 Å². The molecule has 0 bridgehead atoms.